The van der Waals surface area contributed by atoms with E-state index in [1.165, 1.54) is 0 Å². The van der Waals surface area contributed by atoms with Gasteiger partial charge in [0.05, 0.1) is 5.02 Å². The number of aromatic amines is 1. The lowest BCUT2D eigenvalue weighted by Crippen LogP contribution is -1.74. The Bertz CT molecular complexity index is 615. The van der Waals surface area contributed by atoms with Gasteiger partial charge >= 0.3 is 0 Å². The molecule has 0 bridgehead atoms. The van der Waals surface area contributed by atoms with E-state index in [1.54, 1.807) is 18.5 Å². The van der Waals surface area contributed by atoms with Crippen molar-refractivity contribution in [3.8, 4) is 0 Å². The molecule has 0 aliphatic rings. The first-order chi connectivity index (χ1) is 6.86. The number of fused-ring (bicyclic) bond motifs is 3. The molecule has 0 aliphatic heterocycles. The highest BCUT2D eigenvalue weighted by atomic mass is 35.5. The third-order valence-corrected chi connectivity index (χ3v) is 2.53. The lowest BCUT2D eigenvalue weighted by atomic mass is 10.2. The third-order valence-electron chi connectivity index (χ3n) is 2.21. The highest BCUT2D eigenvalue weighted by Crippen LogP contribution is 2.28. The number of aromatic nitrogens is 3. The van der Waals surface area contributed by atoms with Gasteiger partial charge in [-0.15, -0.1) is 0 Å². The Kier molecular flexibility index (Phi) is 1.49. The van der Waals surface area contributed by atoms with Crippen molar-refractivity contribution in [1.29, 1.82) is 0 Å². The van der Waals surface area contributed by atoms with E-state index >= 15 is 0 Å². The molecule has 0 spiro atoms. The summed E-state index contributed by atoms with van der Waals surface area (Å²) < 4.78 is 0. The van der Waals surface area contributed by atoms with Crippen molar-refractivity contribution in [3.63, 3.8) is 0 Å². The first kappa shape index (κ1) is 7.76. The Morgan fingerprint density at radius 3 is 2.86 bits per heavy atom. The predicted octanol–water partition coefficient (Wildman–Crippen LogP) is 2.76. The van der Waals surface area contributed by atoms with Crippen molar-refractivity contribution >= 4 is 33.7 Å². The van der Waals surface area contributed by atoms with Gasteiger partial charge in [-0.25, -0.2) is 9.97 Å². The SMILES string of the molecule is Clc1ccnc2[nH]c3ncccc3c12. The first-order valence-corrected chi connectivity index (χ1v) is 4.61. The van der Waals surface area contributed by atoms with Crippen LogP contribution in [0.25, 0.3) is 22.1 Å². The zero-order valence-corrected chi connectivity index (χ0v) is 7.92. The molecule has 3 aromatic rings. The van der Waals surface area contributed by atoms with Crippen molar-refractivity contribution < 1.29 is 0 Å². The normalized spacial score (nSPS) is 11.2. The Morgan fingerprint density at radius 1 is 1.07 bits per heavy atom. The average molecular weight is 204 g/mol. The van der Waals surface area contributed by atoms with Gasteiger partial charge in [0.25, 0.3) is 0 Å². The number of H-pyrrole nitrogens is 1. The van der Waals surface area contributed by atoms with Gasteiger partial charge in [-0.1, -0.05) is 11.6 Å². The number of pyridine rings is 2. The molecule has 14 heavy (non-hydrogen) atoms. The van der Waals surface area contributed by atoms with Crippen LogP contribution in [0.2, 0.25) is 5.02 Å². The van der Waals surface area contributed by atoms with Crippen LogP contribution in [0.3, 0.4) is 0 Å². The zero-order valence-electron chi connectivity index (χ0n) is 7.16. The molecule has 0 fully saturated rings. The summed E-state index contributed by atoms with van der Waals surface area (Å²) in [6.45, 7) is 0. The molecular formula is C10H6ClN3. The summed E-state index contributed by atoms with van der Waals surface area (Å²) in [5.41, 5.74) is 1.61. The van der Waals surface area contributed by atoms with E-state index in [0.29, 0.717) is 5.02 Å². The molecule has 68 valence electrons. The summed E-state index contributed by atoms with van der Waals surface area (Å²) in [4.78, 5) is 11.5. The molecule has 3 nitrogen and oxygen atoms in total. The molecule has 0 saturated heterocycles. The second-order valence-electron chi connectivity index (χ2n) is 3.04. The topological polar surface area (TPSA) is 41.6 Å². The molecule has 0 aliphatic carbocycles. The van der Waals surface area contributed by atoms with Crippen molar-refractivity contribution in [3.05, 3.63) is 35.6 Å². The molecule has 1 N–H and O–H groups in total. The second-order valence-corrected chi connectivity index (χ2v) is 3.45. The van der Waals surface area contributed by atoms with E-state index in [-0.39, 0.29) is 0 Å². The van der Waals surface area contributed by atoms with E-state index in [0.717, 1.165) is 22.1 Å². The molecular weight excluding hydrogens is 198 g/mol. The molecule has 0 unspecified atom stereocenters. The van der Waals surface area contributed by atoms with Crippen LogP contribution in [-0.2, 0) is 0 Å². The quantitative estimate of drug-likeness (QED) is 0.611. The van der Waals surface area contributed by atoms with E-state index in [1.807, 2.05) is 12.1 Å². The molecule has 0 aromatic carbocycles. The van der Waals surface area contributed by atoms with Crippen LogP contribution in [0.1, 0.15) is 0 Å². The standard InChI is InChI=1S/C10H6ClN3/c11-7-3-5-13-10-8(7)6-2-1-4-12-9(6)14-10/h1-5H,(H,12,13,14). The van der Waals surface area contributed by atoms with Crippen LogP contribution in [0.4, 0.5) is 0 Å². The average Bonchev–Trinajstić information content (AvgIpc) is 2.57. The fourth-order valence-corrected chi connectivity index (χ4v) is 1.86. The first-order valence-electron chi connectivity index (χ1n) is 4.23. The molecule has 4 heteroatoms. The number of hydrogen-bond acceptors (Lipinski definition) is 2. The van der Waals surface area contributed by atoms with E-state index in [4.69, 9.17) is 11.6 Å². The predicted molar refractivity (Wildman–Crippen MR) is 56.4 cm³/mol. The van der Waals surface area contributed by atoms with Crippen molar-refractivity contribution in [2.75, 3.05) is 0 Å². The minimum absolute atomic E-state index is 0.703. The number of nitrogens with one attached hydrogen (secondary N) is 1. The smallest absolute Gasteiger partial charge is 0.141 e. The summed E-state index contributed by atoms with van der Waals surface area (Å²) in [6, 6.07) is 5.65. The fraction of sp³-hybridized carbons (Fsp3) is 0. The maximum atomic E-state index is 6.09. The fourth-order valence-electron chi connectivity index (χ4n) is 1.61. The number of nitrogens with zero attached hydrogens (tertiary/aromatic N) is 2. The van der Waals surface area contributed by atoms with Gasteiger partial charge < -0.3 is 4.98 Å². The maximum Gasteiger partial charge on any atom is 0.141 e. The van der Waals surface area contributed by atoms with E-state index in [2.05, 4.69) is 15.0 Å². The van der Waals surface area contributed by atoms with Gasteiger partial charge in [-0.05, 0) is 18.2 Å². The van der Waals surface area contributed by atoms with Gasteiger partial charge in [-0.2, -0.15) is 0 Å². The van der Waals surface area contributed by atoms with Gasteiger partial charge in [0.2, 0.25) is 0 Å². The molecule has 3 rings (SSSR count). The lowest BCUT2D eigenvalue weighted by Gasteiger charge is -1.91. The summed E-state index contributed by atoms with van der Waals surface area (Å²) in [5, 5.41) is 2.66. The number of rotatable bonds is 0. The highest BCUT2D eigenvalue weighted by molar-refractivity contribution is 6.37. The zero-order chi connectivity index (χ0) is 9.54. The van der Waals surface area contributed by atoms with Crippen molar-refractivity contribution in [1.82, 2.24) is 15.0 Å². The maximum absolute atomic E-state index is 6.09. The van der Waals surface area contributed by atoms with E-state index in [9.17, 15) is 0 Å². The van der Waals surface area contributed by atoms with Crippen LogP contribution in [0, 0.1) is 0 Å². The summed E-state index contributed by atoms with van der Waals surface area (Å²) in [5.74, 6) is 0. The highest BCUT2D eigenvalue weighted by Gasteiger charge is 2.07. The lowest BCUT2D eigenvalue weighted by molar-refractivity contribution is 1.30. The summed E-state index contributed by atoms with van der Waals surface area (Å²) in [7, 11) is 0. The van der Waals surface area contributed by atoms with Crippen LogP contribution in [-0.4, -0.2) is 15.0 Å². The molecule has 3 aromatic heterocycles. The second kappa shape index (κ2) is 2.69. The molecule has 3 heterocycles. The van der Waals surface area contributed by atoms with Crippen molar-refractivity contribution in [2.45, 2.75) is 0 Å². The van der Waals surface area contributed by atoms with Gasteiger partial charge in [0.15, 0.2) is 0 Å². The number of hydrogen-bond donors (Lipinski definition) is 1. The Hall–Kier alpha value is -1.61. The molecule has 0 radical (unpaired) electrons. The Balaban J connectivity index is 2.65. The summed E-state index contributed by atoms with van der Waals surface area (Å²) >= 11 is 6.09. The van der Waals surface area contributed by atoms with Crippen LogP contribution < -0.4 is 0 Å². The molecule has 0 saturated carbocycles. The van der Waals surface area contributed by atoms with Gasteiger partial charge in [0, 0.05) is 23.2 Å². The molecule has 0 atom stereocenters. The minimum atomic E-state index is 0.703. The van der Waals surface area contributed by atoms with Gasteiger partial charge in [0.1, 0.15) is 11.3 Å². The Labute approximate surface area is 84.7 Å². The minimum Gasteiger partial charge on any atom is -0.324 e. The largest absolute Gasteiger partial charge is 0.324 e. The molecule has 0 amide bonds. The third kappa shape index (κ3) is 0.930. The number of halogens is 1. The van der Waals surface area contributed by atoms with Crippen LogP contribution in [0.15, 0.2) is 30.6 Å². The van der Waals surface area contributed by atoms with Crippen molar-refractivity contribution in [2.24, 2.45) is 0 Å². The van der Waals surface area contributed by atoms with Gasteiger partial charge in [-0.3, -0.25) is 0 Å². The van der Waals surface area contributed by atoms with Crippen LogP contribution in [0.5, 0.6) is 0 Å². The van der Waals surface area contributed by atoms with Crippen LogP contribution >= 0.6 is 11.6 Å². The Morgan fingerprint density at radius 2 is 1.93 bits per heavy atom. The monoisotopic (exact) mass is 203 g/mol. The summed E-state index contributed by atoms with van der Waals surface area (Å²) in [6.07, 6.45) is 3.42. The van der Waals surface area contributed by atoms with E-state index < -0.39 is 0 Å².